The van der Waals surface area contributed by atoms with Crippen LogP contribution in [-0.2, 0) is 14.9 Å². The zero-order valence-electron chi connectivity index (χ0n) is 13.5. The number of nitrogens with one attached hydrogen (secondary N) is 1. The molecule has 4 nitrogen and oxygen atoms in total. The van der Waals surface area contributed by atoms with Crippen LogP contribution in [-0.4, -0.2) is 49.2 Å². The van der Waals surface area contributed by atoms with Gasteiger partial charge in [0.2, 0.25) is 5.91 Å². The van der Waals surface area contributed by atoms with Crippen molar-refractivity contribution >= 4 is 5.91 Å². The van der Waals surface area contributed by atoms with E-state index in [0.29, 0.717) is 6.54 Å². The lowest BCUT2D eigenvalue weighted by molar-refractivity contribution is -0.126. The quantitative estimate of drug-likeness (QED) is 0.904. The third kappa shape index (κ3) is 3.68. The van der Waals surface area contributed by atoms with E-state index < -0.39 is 0 Å². The highest BCUT2D eigenvalue weighted by Gasteiger charge is 2.44. The summed E-state index contributed by atoms with van der Waals surface area (Å²) in [7, 11) is 0. The number of ether oxygens (including phenoxy) is 1. The van der Waals surface area contributed by atoms with Crippen LogP contribution in [0, 0.1) is 0 Å². The number of hydrogen-bond acceptors (Lipinski definition) is 3. The van der Waals surface area contributed by atoms with E-state index in [2.05, 4.69) is 48.3 Å². The molecule has 1 aliphatic carbocycles. The molecular weight excluding hydrogens is 276 g/mol. The van der Waals surface area contributed by atoms with Crippen molar-refractivity contribution in [1.29, 1.82) is 0 Å². The highest BCUT2D eigenvalue weighted by Crippen LogP contribution is 2.47. The molecule has 3 rings (SSSR count). The van der Waals surface area contributed by atoms with Gasteiger partial charge in [0, 0.05) is 25.0 Å². The maximum absolute atomic E-state index is 12.2. The molecule has 1 N–H and O–H groups in total. The van der Waals surface area contributed by atoms with Crippen molar-refractivity contribution in [2.24, 2.45) is 0 Å². The summed E-state index contributed by atoms with van der Waals surface area (Å²) in [5.41, 5.74) is 1.53. The molecule has 1 saturated carbocycles. The molecule has 0 bridgehead atoms. The Bertz CT molecular complexity index is 503. The molecule has 2 atom stereocenters. The lowest BCUT2D eigenvalue weighted by Gasteiger charge is -2.34. The number of morpholine rings is 1. The predicted molar refractivity (Wildman–Crippen MR) is 86.8 cm³/mol. The molecule has 0 aromatic heterocycles. The van der Waals surface area contributed by atoms with E-state index in [-0.39, 0.29) is 23.5 Å². The Kier molecular flexibility index (Phi) is 4.50. The molecule has 2 unspecified atom stereocenters. The summed E-state index contributed by atoms with van der Waals surface area (Å²) in [6.45, 7) is 7.03. The normalized spacial score (nSPS) is 27.4. The van der Waals surface area contributed by atoms with Crippen molar-refractivity contribution in [3.63, 3.8) is 0 Å². The van der Waals surface area contributed by atoms with Crippen molar-refractivity contribution in [2.75, 3.05) is 26.2 Å². The predicted octanol–water partition coefficient (Wildman–Crippen LogP) is 1.94. The molecule has 0 spiro atoms. The van der Waals surface area contributed by atoms with E-state index in [1.165, 1.54) is 18.4 Å². The Labute approximate surface area is 132 Å². The maximum Gasteiger partial charge on any atom is 0.234 e. The Morgan fingerprint density at radius 2 is 1.86 bits per heavy atom. The van der Waals surface area contributed by atoms with E-state index in [0.717, 1.165) is 19.6 Å². The number of hydrogen-bond donors (Lipinski definition) is 1. The van der Waals surface area contributed by atoms with Crippen LogP contribution < -0.4 is 5.32 Å². The van der Waals surface area contributed by atoms with Gasteiger partial charge in [0.15, 0.2) is 0 Å². The van der Waals surface area contributed by atoms with Crippen molar-refractivity contribution < 1.29 is 9.53 Å². The number of carbonyl (C=O) groups is 1. The Hall–Kier alpha value is -1.39. The van der Waals surface area contributed by atoms with Crippen LogP contribution in [0.1, 0.15) is 32.3 Å². The Morgan fingerprint density at radius 1 is 1.23 bits per heavy atom. The standard InChI is InChI=1S/C18H26N2O2/c1-14-10-20(11-15(2)22-14)12-17(21)19-13-18(8-9-18)16-6-4-3-5-7-16/h3-7,14-15H,8-13H2,1-2H3,(H,19,21). The van der Waals surface area contributed by atoms with E-state index >= 15 is 0 Å². The summed E-state index contributed by atoms with van der Waals surface area (Å²) in [6, 6.07) is 10.5. The first-order valence-electron chi connectivity index (χ1n) is 8.27. The van der Waals surface area contributed by atoms with Crippen LogP contribution in [0.25, 0.3) is 0 Å². The van der Waals surface area contributed by atoms with Gasteiger partial charge in [-0.05, 0) is 32.3 Å². The minimum Gasteiger partial charge on any atom is -0.373 e. The first-order chi connectivity index (χ1) is 10.6. The molecule has 1 heterocycles. The van der Waals surface area contributed by atoms with Crippen LogP contribution in [0.15, 0.2) is 30.3 Å². The number of amides is 1. The molecule has 1 aromatic rings. The second-order valence-corrected chi connectivity index (χ2v) is 6.87. The summed E-state index contributed by atoms with van der Waals surface area (Å²) in [5, 5.41) is 3.14. The third-order valence-electron chi connectivity index (χ3n) is 4.73. The lowest BCUT2D eigenvalue weighted by atomic mass is 9.96. The van der Waals surface area contributed by atoms with Crippen molar-refractivity contribution in [1.82, 2.24) is 10.2 Å². The summed E-state index contributed by atoms with van der Waals surface area (Å²) >= 11 is 0. The van der Waals surface area contributed by atoms with Crippen molar-refractivity contribution in [3.8, 4) is 0 Å². The molecule has 22 heavy (non-hydrogen) atoms. The molecule has 1 amide bonds. The SMILES string of the molecule is CC1CN(CC(=O)NCC2(c3ccccc3)CC2)CC(C)O1. The number of benzene rings is 1. The molecule has 2 fully saturated rings. The molecule has 1 aromatic carbocycles. The first kappa shape index (κ1) is 15.5. The first-order valence-corrected chi connectivity index (χ1v) is 8.27. The Balaban J connectivity index is 1.49. The third-order valence-corrected chi connectivity index (χ3v) is 4.73. The topological polar surface area (TPSA) is 41.6 Å². The number of carbonyl (C=O) groups excluding carboxylic acids is 1. The number of rotatable bonds is 5. The van der Waals surface area contributed by atoms with Gasteiger partial charge in [-0.3, -0.25) is 9.69 Å². The summed E-state index contributed by atoms with van der Waals surface area (Å²) < 4.78 is 5.71. The largest absolute Gasteiger partial charge is 0.373 e. The molecule has 1 aliphatic heterocycles. The number of nitrogens with zero attached hydrogens (tertiary/aromatic N) is 1. The van der Waals surface area contributed by atoms with Crippen LogP contribution >= 0.6 is 0 Å². The van der Waals surface area contributed by atoms with E-state index in [9.17, 15) is 4.79 Å². The van der Waals surface area contributed by atoms with Gasteiger partial charge in [-0.1, -0.05) is 30.3 Å². The van der Waals surface area contributed by atoms with Gasteiger partial charge >= 0.3 is 0 Å². The van der Waals surface area contributed by atoms with Gasteiger partial charge in [-0.25, -0.2) is 0 Å². The van der Waals surface area contributed by atoms with Gasteiger partial charge in [0.05, 0.1) is 18.8 Å². The van der Waals surface area contributed by atoms with Crippen LogP contribution in [0.2, 0.25) is 0 Å². The lowest BCUT2D eigenvalue weighted by Crippen LogP contribution is -2.49. The summed E-state index contributed by atoms with van der Waals surface area (Å²) in [5.74, 6) is 0.128. The molecular formula is C18H26N2O2. The Morgan fingerprint density at radius 3 is 2.45 bits per heavy atom. The van der Waals surface area contributed by atoms with Crippen LogP contribution in [0.3, 0.4) is 0 Å². The minimum atomic E-state index is 0.128. The van der Waals surface area contributed by atoms with Gasteiger partial charge in [0.1, 0.15) is 0 Å². The second kappa shape index (κ2) is 6.39. The molecule has 120 valence electrons. The van der Waals surface area contributed by atoms with E-state index in [4.69, 9.17) is 4.74 Å². The van der Waals surface area contributed by atoms with Crippen LogP contribution in [0.4, 0.5) is 0 Å². The molecule has 4 heteroatoms. The zero-order valence-corrected chi connectivity index (χ0v) is 13.5. The van der Waals surface area contributed by atoms with Crippen molar-refractivity contribution in [3.05, 3.63) is 35.9 Å². The van der Waals surface area contributed by atoms with Gasteiger partial charge in [-0.2, -0.15) is 0 Å². The average molecular weight is 302 g/mol. The zero-order chi connectivity index (χ0) is 15.6. The summed E-state index contributed by atoms with van der Waals surface area (Å²) in [6.07, 6.45) is 2.75. The van der Waals surface area contributed by atoms with Crippen LogP contribution in [0.5, 0.6) is 0 Å². The van der Waals surface area contributed by atoms with E-state index in [1.807, 2.05) is 6.07 Å². The fourth-order valence-electron chi connectivity index (χ4n) is 3.45. The maximum atomic E-state index is 12.2. The second-order valence-electron chi connectivity index (χ2n) is 6.87. The summed E-state index contributed by atoms with van der Waals surface area (Å²) in [4.78, 5) is 14.4. The van der Waals surface area contributed by atoms with Crippen molar-refractivity contribution in [2.45, 2.75) is 44.3 Å². The van der Waals surface area contributed by atoms with Gasteiger partial charge in [-0.15, -0.1) is 0 Å². The highest BCUT2D eigenvalue weighted by atomic mass is 16.5. The molecule has 0 radical (unpaired) electrons. The minimum absolute atomic E-state index is 0.128. The highest BCUT2D eigenvalue weighted by molar-refractivity contribution is 5.78. The van der Waals surface area contributed by atoms with Gasteiger partial charge in [0.25, 0.3) is 0 Å². The fraction of sp³-hybridized carbons (Fsp3) is 0.611. The smallest absolute Gasteiger partial charge is 0.234 e. The molecule has 2 aliphatic rings. The van der Waals surface area contributed by atoms with Gasteiger partial charge < -0.3 is 10.1 Å². The molecule has 1 saturated heterocycles. The average Bonchev–Trinajstić information content (AvgIpc) is 3.26. The fourth-order valence-corrected chi connectivity index (χ4v) is 3.45. The monoisotopic (exact) mass is 302 g/mol. The van der Waals surface area contributed by atoms with E-state index in [1.54, 1.807) is 0 Å².